The van der Waals surface area contributed by atoms with Gasteiger partial charge in [-0.3, -0.25) is 0 Å². The number of rotatable bonds is 0. The molecule has 0 fully saturated rings. The molecule has 1 rings (SSSR count). The van der Waals surface area contributed by atoms with E-state index in [4.69, 9.17) is 0 Å². The van der Waals surface area contributed by atoms with Crippen LogP contribution in [0.1, 0.15) is 18.9 Å². The number of hydrogen-bond donors (Lipinski definition) is 0. The Morgan fingerprint density at radius 2 is 2.07 bits per heavy atom. The van der Waals surface area contributed by atoms with Crippen molar-refractivity contribution in [3.63, 3.8) is 0 Å². The molecule has 3 heteroatoms. The molecule has 0 saturated heterocycles. The van der Waals surface area contributed by atoms with Crippen molar-refractivity contribution < 1.29 is 63.7 Å². The van der Waals surface area contributed by atoms with E-state index in [9.17, 15) is 4.79 Å². The van der Waals surface area contributed by atoms with Crippen LogP contribution in [0.3, 0.4) is 0 Å². The quantitative estimate of drug-likeness (QED) is 0.418. The van der Waals surface area contributed by atoms with Crippen molar-refractivity contribution in [2.45, 2.75) is 13.3 Å². The first-order valence-electron chi connectivity index (χ1n) is 3.84. The van der Waals surface area contributed by atoms with Gasteiger partial charge < -0.3 is 10.3 Å². The van der Waals surface area contributed by atoms with Crippen LogP contribution in [0.15, 0.2) is 29.1 Å². The molecule has 0 amide bonds. The molecule has 0 aliphatic heterocycles. The molecule has 14 heavy (non-hydrogen) atoms. The summed E-state index contributed by atoms with van der Waals surface area (Å²) in [6, 6.07) is 9.12. The first-order chi connectivity index (χ1) is 5.83. The van der Waals surface area contributed by atoms with Crippen LogP contribution in [0.25, 0.3) is 0 Å². The van der Waals surface area contributed by atoms with E-state index in [1.165, 1.54) is 6.07 Å². The van der Waals surface area contributed by atoms with Crippen LogP contribution >= 0.6 is 0 Å². The molecular weight excluding hydrogens is 250 g/mol. The van der Waals surface area contributed by atoms with Gasteiger partial charge in [0.2, 0.25) is 0 Å². The minimum Gasteiger partial charge on any atom is -0.870 e. The molecule has 1 N–H and O–H groups in total. The van der Waals surface area contributed by atoms with Crippen molar-refractivity contribution in [1.82, 2.24) is 0 Å². The predicted octanol–water partition coefficient (Wildman–Crippen LogP) is -1.56. The van der Waals surface area contributed by atoms with E-state index >= 15 is 0 Å². The van der Waals surface area contributed by atoms with Crippen LogP contribution in [0.4, 0.5) is 0 Å². The van der Waals surface area contributed by atoms with Crippen molar-refractivity contribution in [2.24, 2.45) is 0 Å². The van der Waals surface area contributed by atoms with Gasteiger partial charge in [-0.1, -0.05) is 18.8 Å². The topological polar surface area (TPSA) is 47.1 Å². The Morgan fingerprint density at radius 1 is 1.36 bits per heavy atom. The first kappa shape index (κ1) is 16.6. The Hall–Kier alpha value is 0.215. The van der Waals surface area contributed by atoms with Crippen LogP contribution in [0.5, 0.6) is 0 Å². The minimum absolute atomic E-state index is 0. The van der Waals surface area contributed by atoms with Crippen molar-refractivity contribution in [3.05, 3.63) is 46.1 Å². The van der Waals surface area contributed by atoms with Crippen molar-refractivity contribution in [3.8, 4) is 11.8 Å². The van der Waals surface area contributed by atoms with Gasteiger partial charge >= 0.3 is 58.2 Å². The summed E-state index contributed by atoms with van der Waals surface area (Å²) in [5.74, 6) is 5.86. The monoisotopic (exact) mass is 259 g/mol. The predicted molar refractivity (Wildman–Crippen MR) is 50.7 cm³/mol. The summed E-state index contributed by atoms with van der Waals surface area (Å²) >= 11 is 0. The third kappa shape index (κ3) is 6.64. The third-order valence-electron chi connectivity index (χ3n) is 1.31. The summed E-state index contributed by atoms with van der Waals surface area (Å²) in [6.07, 6.45) is 0.826. The second-order valence-electron chi connectivity index (χ2n) is 2.29. The van der Waals surface area contributed by atoms with Crippen molar-refractivity contribution in [2.75, 3.05) is 0 Å². The van der Waals surface area contributed by atoms with Gasteiger partial charge in [0, 0.05) is 6.42 Å². The van der Waals surface area contributed by atoms with Crippen molar-refractivity contribution >= 4 is 0 Å². The Labute approximate surface area is 133 Å². The molecule has 1 aromatic rings. The maximum absolute atomic E-state index is 10.8. The molecule has 0 spiro atoms. The van der Waals surface area contributed by atoms with Crippen LogP contribution < -0.4 is 63.6 Å². The van der Waals surface area contributed by atoms with Crippen LogP contribution in [0.2, 0.25) is 0 Å². The van der Waals surface area contributed by atoms with Gasteiger partial charge in [-0.25, -0.2) is 0 Å². The smallest absolute Gasteiger partial charge is 0.870 e. The van der Waals surface area contributed by atoms with Crippen molar-refractivity contribution in [1.29, 1.82) is 0 Å². The standard InChI is InChI=1S/C11H9O.H2O.Rb/c1-2-3-5-10-6-4-7-11(12)9-8-10;;/h4,6,8-9H,2H2,1H3;1H2;/q-1;;+1/p-1. The van der Waals surface area contributed by atoms with E-state index in [0.717, 1.165) is 12.0 Å². The fourth-order valence-corrected chi connectivity index (χ4v) is 0.756. The average Bonchev–Trinajstić information content (AvgIpc) is 2.27. The molecule has 0 unspecified atom stereocenters. The van der Waals surface area contributed by atoms with E-state index in [2.05, 4.69) is 17.9 Å². The van der Waals surface area contributed by atoms with Gasteiger partial charge in [-0.15, -0.1) is 24.3 Å². The van der Waals surface area contributed by atoms with Gasteiger partial charge in [0.15, 0.2) is 0 Å². The zero-order valence-electron chi connectivity index (χ0n) is 8.37. The van der Waals surface area contributed by atoms with E-state index in [1.807, 2.05) is 6.92 Å². The van der Waals surface area contributed by atoms with Gasteiger partial charge in [0.25, 0.3) is 0 Å². The maximum atomic E-state index is 10.8. The van der Waals surface area contributed by atoms with Gasteiger partial charge in [-0.05, 0) is 5.56 Å². The molecule has 0 bridgehead atoms. The molecular formula is C11H10O2Rb-. The van der Waals surface area contributed by atoms with E-state index in [1.54, 1.807) is 18.2 Å². The normalized spacial score (nSPS) is 7.21. The number of hydrogen-bond acceptors (Lipinski definition) is 2. The summed E-state index contributed by atoms with van der Waals surface area (Å²) in [5.41, 5.74) is 0.745. The molecule has 2 nitrogen and oxygen atoms in total. The fourth-order valence-electron chi connectivity index (χ4n) is 0.756. The molecule has 68 valence electrons. The average molecular weight is 260 g/mol. The Balaban J connectivity index is 0. The maximum Gasteiger partial charge on any atom is 1.00 e. The SMILES string of the molecule is CCC#Cc1cc[c-]c(=O)cc1.[OH-].[Rb+]. The third-order valence-corrected chi connectivity index (χ3v) is 1.31. The van der Waals surface area contributed by atoms with Gasteiger partial charge in [0.05, 0.1) is 5.43 Å². The summed E-state index contributed by atoms with van der Waals surface area (Å²) in [7, 11) is 0. The summed E-state index contributed by atoms with van der Waals surface area (Å²) in [4.78, 5) is 10.8. The molecule has 0 heterocycles. The molecule has 0 aromatic heterocycles. The molecule has 0 aliphatic rings. The second-order valence-corrected chi connectivity index (χ2v) is 2.29. The van der Waals surface area contributed by atoms with E-state index < -0.39 is 0 Å². The summed E-state index contributed by atoms with van der Waals surface area (Å²) in [6.45, 7) is 1.99. The zero-order chi connectivity index (χ0) is 8.81. The fraction of sp³-hybridized carbons (Fsp3) is 0.182. The Bertz CT molecular complexity index is 377. The minimum atomic E-state index is -0.112. The zero-order valence-corrected chi connectivity index (χ0v) is 13.3. The van der Waals surface area contributed by atoms with Crippen LogP contribution in [-0.4, -0.2) is 5.48 Å². The van der Waals surface area contributed by atoms with Crippen LogP contribution in [-0.2, 0) is 0 Å². The van der Waals surface area contributed by atoms with E-state index in [0.29, 0.717) is 0 Å². The molecule has 0 radical (unpaired) electrons. The van der Waals surface area contributed by atoms with Crippen LogP contribution in [0, 0.1) is 17.9 Å². The molecule has 0 aliphatic carbocycles. The molecule has 0 atom stereocenters. The van der Waals surface area contributed by atoms with Gasteiger partial charge in [-0.2, -0.15) is 6.07 Å². The molecule has 1 aromatic carbocycles. The summed E-state index contributed by atoms with van der Waals surface area (Å²) < 4.78 is 0. The Morgan fingerprint density at radius 3 is 2.71 bits per heavy atom. The molecule has 0 saturated carbocycles. The van der Waals surface area contributed by atoms with E-state index in [-0.39, 0.29) is 69.1 Å². The Kier molecular flexibility index (Phi) is 11.6. The van der Waals surface area contributed by atoms with Gasteiger partial charge in [0.1, 0.15) is 0 Å². The first-order valence-corrected chi connectivity index (χ1v) is 3.84. The second kappa shape index (κ2) is 9.76. The largest absolute Gasteiger partial charge is 1.00 e. The summed E-state index contributed by atoms with van der Waals surface area (Å²) in [5, 5.41) is 0.